The fourth-order valence-electron chi connectivity index (χ4n) is 1.57. The van der Waals surface area contributed by atoms with Crippen LogP contribution in [0.15, 0.2) is 12.1 Å². The molecule has 0 amide bonds. The molecule has 0 heterocycles. The summed E-state index contributed by atoms with van der Waals surface area (Å²) in [6, 6.07) is 2.43. The third-order valence-corrected chi connectivity index (χ3v) is 3.81. The second kappa shape index (κ2) is 4.08. The van der Waals surface area contributed by atoms with Crippen molar-refractivity contribution in [2.45, 2.75) is 17.7 Å². The number of alkyl halides is 1. The maximum absolute atomic E-state index is 13.6. The zero-order valence-electron chi connectivity index (χ0n) is 8.27. The molecular formula is C11H11BrF2O. The molecule has 1 aliphatic rings. The van der Waals surface area contributed by atoms with Crippen LogP contribution in [-0.4, -0.2) is 7.11 Å². The first-order valence-corrected chi connectivity index (χ1v) is 5.72. The van der Waals surface area contributed by atoms with E-state index in [2.05, 4.69) is 15.9 Å². The van der Waals surface area contributed by atoms with Gasteiger partial charge in [0.25, 0.3) is 0 Å². The highest BCUT2D eigenvalue weighted by atomic mass is 79.9. The Bertz CT molecular complexity index is 354. The number of halogens is 3. The van der Waals surface area contributed by atoms with Crippen LogP contribution in [0.2, 0.25) is 0 Å². The summed E-state index contributed by atoms with van der Waals surface area (Å²) in [5.41, 5.74) is 0.123. The summed E-state index contributed by atoms with van der Waals surface area (Å²) in [5.74, 6) is -0.507. The van der Waals surface area contributed by atoms with Crippen LogP contribution in [0, 0.1) is 17.6 Å². The van der Waals surface area contributed by atoms with E-state index in [0.29, 0.717) is 5.92 Å². The van der Waals surface area contributed by atoms with Crippen molar-refractivity contribution in [2.24, 2.45) is 5.92 Å². The number of hydrogen-bond donors (Lipinski definition) is 0. The summed E-state index contributed by atoms with van der Waals surface area (Å²) in [5, 5.41) is 0. The lowest BCUT2D eigenvalue weighted by atomic mass is 10.1. The quantitative estimate of drug-likeness (QED) is 0.763. The average molecular weight is 277 g/mol. The molecular weight excluding hydrogens is 266 g/mol. The lowest BCUT2D eigenvalue weighted by Crippen LogP contribution is -2.01. The van der Waals surface area contributed by atoms with Gasteiger partial charge in [-0.15, -0.1) is 0 Å². The first kappa shape index (κ1) is 10.9. The summed E-state index contributed by atoms with van der Waals surface area (Å²) in [6.07, 6.45) is 2.06. The Morgan fingerprint density at radius 1 is 1.33 bits per heavy atom. The molecule has 0 aromatic heterocycles. The van der Waals surface area contributed by atoms with Gasteiger partial charge in [0.05, 0.1) is 7.11 Å². The lowest BCUT2D eigenvalue weighted by Gasteiger charge is -2.12. The van der Waals surface area contributed by atoms with E-state index < -0.39 is 11.6 Å². The average Bonchev–Trinajstić information content (AvgIpc) is 2.99. The number of hydrogen-bond acceptors (Lipinski definition) is 1. The fraction of sp³-hybridized carbons (Fsp3) is 0.455. The molecule has 1 nitrogen and oxygen atoms in total. The van der Waals surface area contributed by atoms with Crippen molar-refractivity contribution >= 4 is 15.9 Å². The molecule has 1 aromatic rings. The standard InChI is InChI=1S/C11H11BrF2O/c1-15-7-4-8(13)10(9(14)5-7)11(12)6-2-3-6/h4-6,11H,2-3H2,1H3. The Morgan fingerprint density at radius 2 is 1.87 bits per heavy atom. The van der Waals surface area contributed by atoms with Gasteiger partial charge >= 0.3 is 0 Å². The van der Waals surface area contributed by atoms with Crippen LogP contribution in [0.25, 0.3) is 0 Å². The Balaban J connectivity index is 2.37. The van der Waals surface area contributed by atoms with Crippen LogP contribution >= 0.6 is 15.9 Å². The summed E-state index contributed by atoms with van der Waals surface area (Å²) in [4.78, 5) is -0.219. The van der Waals surface area contributed by atoms with Crippen LogP contribution in [0.1, 0.15) is 23.2 Å². The second-order valence-electron chi connectivity index (χ2n) is 3.74. The zero-order chi connectivity index (χ0) is 11.0. The van der Waals surface area contributed by atoms with E-state index in [1.165, 1.54) is 19.2 Å². The molecule has 1 aromatic carbocycles. The molecule has 0 bridgehead atoms. The number of benzene rings is 1. The molecule has 0 spiro atoms. The van der Waals surface area contributed by atoms with Crippen LogP contribution in [0.5, 0.6) is 5.75 Å². The normalized spacial score (nSPS) is 17.6. The molecule has 0 saturated heterocycles. The maximum Gasteiger partial charge on any atom is 0.134 e. The first-order valence-electron chi connectivity index (χ1n) is 4.80. The summed E-state index contributed by atoms with van der Waals surface area (Å²) >= 11 is 3.34. The van der Waals surface area contributed by atoms with E-state index in [0.717, 1.165) is 12.8 Å². The van der Waals surface area contributed by atoms with Gasteiger partial charge in [-0.1, -0.05) is 15.9 Å². The minimum atomic E-state index is -0.541. The molecule has 82 valence electrons. The molecule has 15 heavy (non-hydrogen) atoms. The summed E-state index contributed by atoms with van der Waals surface area (Å²) in [6.45, 7) is 0. The third-order valence-electron chi connectivity index (χ3n) is 2.60. The van der Waals surface area contributed by atoms with Gasteiger partial charge in [-0.3, -0.25) is 0 Å². The zero-order valence-corrected chi connectivity index (χ0v) is 9.85. The molecule has 2 rings (SSSR count). The summed E-state index contributed by atoms with van der Waals surface area (Å²) in [7, 11) is 1.39. The topological polar surface area (TPSA) is 9.23 Å². The Hall–Kier alpha value is -0.640. The van der Waals surface area contributed by atoms with Crippen LogP contribution in [0.4, 0.5) is 8.78 Å². The van der Waals surface area contributed by atoms with Gasteiger partial charge in [-0.2, -0.15) is 0 Å². The van der Waals surface area contributed by atoms with Gasteiger partial charge < -0.3 is 4.74 Å². The second-order valence-corrected chi connectivity index (χ2v) is 4.73. The van der Waals surface area contributed by atoms with E-state index >= 15 is 0 Å². The van der Waals surface area contributed by atoms with Crippen molar-refractivity contribution in [3.8, 4) is 5.75 Å². The monoisotopic (exact) mass is 276 g/mol. The van der Waals surface area contributed by atoms with E-state index in [1.54, 1.807) is 0 Å². The van der Waals surface area contributed by atoms with Crippen LogP contribution in [0.3, 0.4) is 0 Å². The van der Waals surface area contributed by atoms with Gasteiger partial charge in [0.15, 0.2) is 0 Å². The minimum Gasteiger partial charge on any atom is -0.497 e. The third kappa shape index (κ3) is 2.14. The van der Waals surface area contributed by atoms with Crippen molar-refractivity contribution in [2.75, 3.05) is 7.11 Å². The Morgan fingerprint density at radius 3 is 2.27 bits per heavy atom. The molecule has 1 aliphatic carbocycles. The van der Waals surface area contributed by atoms with Gasteiger partial charge in [0.1, 0.15) is 17.4 Å². The van der Waals surface area contributed by atoms with Crippen molar-refractivity contribution in [3.05, 3.63) is 29.3 Å². The molecule has 0 radical (unpaired) electrons. The summed E-state index contributed by atoms with van der Waals surface area (Å²) < 4.78 is 32.0. The number of ether oxygens (including phenoxy) is 1. The smallest absolute Gasteiger partial charge is 0.134 e. The van der Waals surface area contributed by atoms with Crippen molar-refractivity contribution in [1.29, 1.82) is 0 Å². The predicted octanol–water partition coefficient (Wildman–Crippen LogP) is 3.82. The molecule has 0 aliphatic heterocycles. The molecule has 1 fully saturated rings. The highest BCUT2D eigenvalue weighted by Gasteiger charge is 2.34. The Kier molecular flexibility index (Phi) is 2.96. The van der Waals surface area contributed by atoms with Gasteiger partial charge in [0, 0.05) is 22.5 Å². The SMILES string of the molecule is COc1cc(F)c(C(Br)C2CC2)c(F)c1. The molecule has 4 heteroatoms. The highest BCUT2D eigenvalue weighted by Crippen LogP contribution is 2.47. The fourth-order valence-corrected chi connectivity index (χ4v) is 2.53. The van der Waals surface area contributed by atoms with E-state index in [9.17, 15) is 8.78 Å². The van der Waals surface area contributed by atoms with E-state index in [4.69, 9.17) is 4.74 Å². The van der Waals surface area contributed by atoms with Gasteiger partial charge in [-0.05, 0) is 18.8 Å². The molecule has 1 unspecified atom stereocenters. The Labute approximate surface area is 95.6 Å². The molecule has 0 N–H and O–H groups in total. The van der Waals surface area contributed by atoms with Gasteiger partial charge in [0.2, 0.25) is 0 Å². The van der Waals surface area contributed by atoms with Gasteiger partial charge in [-0.25, -0.2) is 8.78 Å². The number of rotatable bonds is 3. The molecule has 1 saturated carbocycles. The van der Waals surface area contributed by atoms with E-state index in [-0.39, 0.29) is 16.1 Å². The predicted molar refractivity (Wildman–Crippen MR) is 57.3 cm³/mol. The molecule has 1 atom stereocenters. The number of methoxy groups -OCH3 is 1. The lowest BCUT2D eigenvalue weighted by molar-refractivity contribution is 0.404. The highest BCUT2D eigenvalue weighted by molar-refractivity contribution is 9.09. The van der Waals surface area contributed by atoms with Crippen molar-refractivity contribution < 1.29 is 13.5 Å². The van der Waals surface area contributed by atoms with Crippen molar-refractivity contribution in [1.82, 2.24) is 0 Å². The van der Waals surface area contributed by atoms with Crippen LogP contribution < -0.4 is 4.74 Å². The largest absolute Gasteiger partial charge is 0.497 e. The van der Waals surface area contributed by atoms with E-state index in [1.807, 2.05) is 0 Å². The minimum absolute atomic E-state index is 0.123. The van der Waals surface area contributed by atoms with Crippen molar-refractivity contribution in [3.63, 3.8) is 0 Å². The maximum atomic E-state index is 13.6. The first-order chi connectivity index (χ1) is 7.13. The van der Waals surface area contributed by atoms with Crippen LogP contribution in [-0.2, 0) is 0 Å².